The standard InChI is InChI=1S/C21H27F3N2O/c1-19(2,3)17-20(12-25-17)10-14(11-20)26(18(27)21(22,23)24)16-9-15(16)13-7-5-4-6-8-13/h4-8,14-17,25H,9-12H2,1-3H3. The van der Waals surface area contributed by atoms with E-state index in [0.717, 1.165) is 12.1 Å². The predicted molar refractivity (Wildman–Crippen MR) is 97.2 cm³/mol. The maximum atomic E-state index is 13.3. The molecule has 3 fully saturated rings. The Labute approximate surface area is 158 Å². The van der Waals surface area contributed by atoms with Crippen LogP contribution in [0.15, 0.2) is 30.3 Å². The number of benzene rings is 1. The van der Waals surface area contributed by atoms with E-state index in [1.165, 1.54) is 4.90 Å². The molecule has 148 valence electrons. The van der Waals surface area contributed by atoms with Crippen LogP contribution in [0.3, 0.4) is 0 Å². The first-order valence-corrected chi connectivity index (χ1v) is 9.71. The van der Waals surface area contributed by atoms with Crippen molar-refractivity contribution in [3.05, 3.63) is 35.9 Å². The molecule has 3 atom stereocenters. The average molecular weight is 380 g/mol. The molecule has 1 saturated heterocycles. The molecule has 3 nitrogen and oxygen atoms in total. The van der Waals surface area contributed by atoms with Gasteiger partial charge in [0.2, 0.25) is 0 Å². The van der Waals surface area contributed by atoms with Crippen molar-refractivity contribution in [2.45, 2.75) is 70.3 Å². The van der Waals surface area contributed by atoms with Crippen molar-refractivity contribution in [3.63, 3.8) is 0 Å². The lowest BCUT2D eigenvalue weighted by molar-refractivity contribution is -0.197. The molecule has 3 aliphatic rings. The number of hydrogen-bond donors (Lipinski definition) is 1. The molecule has 1 aliphatic heterocycles. The number of carbonyl (C=O) groups is 1. The molecule has 0 aromatic heterocycles. The zero-order valence-electron chi connectivity index (χ0n) is 16.0. The second-order valence-electron chi connectivity index (χ2n) is 9.63. The van der Waals surface area contributed by atoms with Crippen LogP contribution < -0.4 is 5.32 Å². The van der Waals surface area contributed by atoms with Gasteiger partial charge in [0, 0.05) is 36.0 Å². The Balaban J connectivity index is 1.51. The molecule has 1 spiro atoms. The van der Waals surface area contributed by atoms with Gasteiger partial charge in [-0.3, -0.25) is 4.79 Å². The van der Waals surface area contributed by atoms with E-state index in [9.17, 15) is 18.0 Å². The van der Waals surface area contributed by atoms with Crippen LogP contribution in [0, 0.1) is 10.8 Å². The summed E-state index contributed by atoms with van der Waals surface area (Å²) in [7, 11) is 0. The Bertz CT molecular complexity index is 719. The Hall–Kier alpha value is -1.56. The van der Waals surface area contributed by atoms with Crippen LogP contribution in [0.2, 0.25) is 0 Å². The highest BCUT2D eigenvalue weighted by molar-refractivity contribution is 5.83. The molecule has 6 heteroatoms. The van der Waals surface area contributed by atoms with Crippen molar-refractivity contribution in [1.29, 1.82) is 0 Å². The number of halogens is 3. The van der Waals surface area contributed by atoms with E-state index < -0.39 is 12.1 Å². The van der Waals surface area contributed by atoms with Crippen LogP contribution in [0.25, 0.3) is 0 Å². The molecule has 0 bridgehead atoms. The summed E-state index contributed by atoms with van der Waals surface area (Å²) in [5.41, 5.74) is 1.13. The predicted octanol–water partition coefficient (Wildman–Crippen LogP) is 4.10. The molecule has 1 amide bonds. The smallest absolute Gasteiger partial charge is 0.328 e. The van der Waals surface area contributed by atoms with E-state index in [1.54, 1.807) is 0 Å². The van der Waals surface area contributed by atoms with Gasteiger partial charge in [0.05, 0.1) is 0 Å². The fourth-order valence-corrected chi connectivity index (χ4v) is 5.45. The number of carbonyl (C=O) groups excluding carboxylic acids is 1. The van der Waals surface area contributed by atoms with Gasteiger partial charge in [-0.05, 0) is 30.2 Å². The lowest BCUT2D eigenvalue weighted by Crippen LogP contribution is -2.75. The van der Waals surface area contributed by atoms with Crippen LogP contribution in [0.5, 0.6) is 0 Å². The fourth-order valence-electron chi connectivity index (χ4n) is 5.45. The van der Waals surface area contributed by atoms with Gasteiger partial charge in [-0.2, -0.15) is 13.2 Å². The quantitative estimate of drug-likeness (QED) is 0.856. The summed E-state index contributed by atoms with van der Waals surface area (Å²) < 4.78 is 39.9. The summed E-state index contributed by atoms with van der Waals surface area (Å²) in [6.07, 6.45) is -2.85. The maximum absolute atomic E-state index is 13.3. The minimum Gasteiger partial charge on any atom is -0.328 e. The third-order valence-corrected chi connectivity index (χ3v) is 6.63. The van der Waals surface area contributed by atoms with Crippen molar-refractivity contribution in [1.82, 2.24) is 10.2 Å². The highest BCUT2D eigenvalue weighted by atomic mass is 19.4. The van der Waals surface area contributed by atoms with Crippen molar-refractivity contribution in [2.75, 3.05) is 6.54 Å². The van der Waals surface area contributed by atoms with Gasteiger partial charge in [-0.25, -0.2) is 0 Å². The lowest BCUT2D eigenvalue weighted by Gasteiger charge is -2.65. The number of nitrogens with zero attached hydrogens (tertiary/aromatic N) is 1. The van der Waals surface area contributed by atoms with Gasteiger partial charge in [0.15, 0.2) is 0 Å². The van der Waals surface area contributed by atoms with Crippen molar-refractivity contribution < 1.29 is 18.0 Å². The number of rotatable bonds is 3. The largest absolute Gasteiger partial charge is 0.471 e. The van der Waals surface area contributed by atoms with Gasteiger partial charge in [0.25, 0.3) is 0 Å². The van der Waals surface area contributed by atoms with E-state index in [0.29, 0.717) is 25.3 Å². The summed E-state index contributed by atoms with van der Waals surface area (Å²) in [6, 6.07) is 9.23. The maximum Gasteiger partial charge on any atom is 0.471 e. The highest BCUT2D eigenvalue weighted by Gasteiger charge is 2.63. The van der Waals surface area contributed by atoms with E-state index in [4.69, 9.17) is 0 Å². The van der Waals surface area contributed by atoms with E-state index in [1.807, 2.05) is 30.3 Å². The first-order chi connectivity index (χ1) is 12.5. The molecule has 0 radical (unpaired) electrons. The second-order valence-corrected chi connectivity index (χ2v) is 9.63. The zero-order chi connectivity index (χ0) is 19.6. The summed E-state index contributed by atoms with van der Waals surface area (Å²) in [5, 5.41) is 3.45. The zero-order valence-corrected chi connectivity index (χ0v) is 16.0. The Morgan fingerprint density at radius 3 is 2.26 bits per heavy atom. The van der Waals surface area contributed by atoms with Crippen molar-refractivity contribution >= 4 is 5.91 Å². The molecule has 1 aromatic rings. The Morgan fingerprint density at radius 1 is 1.15 bits per heavy atom. The molecular formula is C21H27F3N2O. The molecule has 2 saturated carbocycles. The Kier molecular flexibility index (Phi) is 4.15. The molecule has 27 heavy (non-hydrogen) atoms. The first-order valence-electron chi connectivity index (χ1n) is 9.71. The first kappa shape index (κ1) is 18.8. The van der Waals surface area contributed by atoms with Gasteiger partial charge < -0.3 is 10.2 Å². The minimum absolute atomic E-state index is 0.0204. The monoisotopic (exact) mass is 380 g/mol. The normalized spacial score (nSPS) is 35.3. The molecule has 2 aliphatic carbocycles. The average Bonchev–Trinajstić information content (AvgIpc) is 3.27. The van der Waals surface area contributed by atoms with Crippen LogP contribution in [0.4, 0.5) is 13.2 Å². The Morgan fingerprint density at radius 2 is 1.78 bits per heavy atom. The molecule has 1 heterocycles. The number of hydrogen-bond acceptors (Lipinski definition) is 2. The van der Waals surface area contributed by atoms with Gasteiger partial charge in [-0.15, -0.1) is 0 Å². The third kappa shape index (κ3) is 3.16. The molecule has 4 rings (SSSR count). The van der Waals surface area contributed by atoms with Crippen LogP contribution >= 0.6 is 0 Å². The van der Waals surface area contributed by atoms with E-state index >= 15 is 0 Å². The lowest BCUT2D eigenvalue weighted by atomic mass is 9.51. The van der Waals surface area contributed by atoms with Crippen LogP contribution in [-0.4, -0.2) is 41.7 Å². The second kappa shape index (κ2) is 5.97. The summed E-state index contributed by atoms with van der Waals surface area (Å²) in [4.78, 5) is 13.4. The van der Waals surface area contributed by atoms with E-state index in [-0.39, 0.29) is 28.8 Å². The summed E-state index contributed by atoms with van der Waals surface area (Å²) in [6.45, 7) is 7.31. The molecule has 1 N–H and O–H groups in total. The highest BCUT2D eigenvalue weighted by Crippen LogP contribution is 2.58. The van der Waals surface area contributed by atoms with E-state index in [2.05, 4.69) is 26.1 Å². The molecule has 3 unspecified atom stereocenters. The third-order valence-electron chi connectivity index (χ3n) is 6.63. The van der Waals surface area contributed by atoms with Crippen LogP contribution in [0.1, 0.15) is 51.5 Å². The van der Waals surface area contributed by atoms with Crippen molar-refractivity contribution in [2.24, 2.45) is 10.8 Å². The van der Waals surface area contributed by atoms with Crippen molar-refractivity contribution in [3.8, 4) is 0 Å². The SMILES string of the molecule is CC(C)(C)C1NCC12CC(N(C(=O)C(F)(F)F)C1CC1c1ccccc1)C2. The van der Waals surface area contributed by atoms with Crippen LogP contribution in [-0.2, 0) is 4.79 Å². The fraction of sp³-hybridized carbons (Fsp3) is 0.667. The van der Waals surface area contributed by atoms with Gasteiger partial charge in [-0.1, -0.05) is 51.1 Å². The topological polar surface area (TPSA) is 32.3 Å². The summed E-state index contributed by atoms with van der Waals surface area (Å²) in [5.74, 6) is -1.64. The number of alkyl halides is 3. The molecular weight excluding hydrogens is 353 g/mol. The van der Waals surface area contributed by atoms with Gasteiger partial charge in [0.1, 0.15) is 0 Å². The number of nitrogens with one attached hydrogen (secondary N) is 1. The van der Waals surface area contributed by atoms with Gasteiger partial charge >= 0.3 is 12.1 Å². The number of amides is 1. The minimum atomic E-state index is -4.81. The summed E-state index contributed by atoms with van der Waals surface area (Å²) >= 11 is 0. The molecule has 1 aromatic carbocycles.